The Morgan fingerprint density at radius 3 is 2.83 bits per heavy atom. The number of aliphatic hydroxyl groups excluding tert-OH is 1. The van der Waals surface area contributed by atoms with E-state index in [1.165, 1.54) is 4.57 Å². The van der Waals surface area contributed by atoms with Crippen molar-refractivity contribution in [2.24, 2.45) is 7.05 Å². The van der Waals surface area contributed by atoms with Gasteiger partial charge in [-0.3, -0.25) is 4.57 Å². The molecule has 18 heavy (non-hydrogen) atoms. The molecule has 1 heterocycles. The number of fused-ring (bicyclic) bond motifs is 1. The van der Waals surface area contributed by atoms with E-state index in [1.807, 2.05) is 0 Å². The minimum atomic E-state index is -1.02. The number of oxazole rings is 1. The molecule has 0 aliphatic carbocycles. The molecule has 0 aliphatic heterocycles. The molecule has 0 amide bonds. The van der Waals surface area contributed by atoms with Crippen molar-refractivity contribution < 1.29 is 14.6 Å². The summed E-state index contributed by atoms with van der Waals surface area (Å²) >= 11 is 0. The fourth-order valence-corrected chi connectivity index (χ4v) is 2.03. The minimum Gasteiger partial charge on any atom is -0.408 e. The molecule has 0 saturated carbocycles. The fraction of sp³-hybridized carbons (Fsp3) is 0.462. The molecule has 0 fully saturated rings. The number of aromatic nitrogens is 1. The molecule has 1 aromatic heterocycles. The van der Waals surface area contributed by atoms with Crippen LogP contribution >= 0.6 is 0 Å². The average molecular weight is 251 g/mol. The van der Waals surface area contributed by atoms with Gasteiger partial charge in [0, 0.05) is 13.7 Å². The van der Waals surface area contributed by atoms with Gasteiger partial charge in [-0.1, -0.05) is 6.07 Å². The summed E-state index contributed by atoms with van der Waals surface area (Å²) in [4.78, 5) is 11.4. The lowest BCUT2D eigenvalue weighted by atomic mass is 9.91. The number of aliphatic hydroxyl groups is 2. The van der Waals surface area contributed by atoms with Crippen LogP contribution in [0.3, 0.4) is 0 Å². The SMILES string of the molecule is Cn1c(=O)oc2ccc(C(C)(O)CCCO)cc21. The van der Waals surface area contributed by atoms with Gasteiger partial charge in [0.1, 0.15) is 0 Å². The van der Waals surface area contributed by atoms with E-state index < -0.39 is 11.4 Å². The predicted molar refractivity (Wildman–Crippen MR) is 67.3 cm³/mol. The zero-order valence-electron chi connectivity index (χ0n) is 10.5. The van der Waals surface area contributed by atoms with Crippen molar-refractivity contribution in [2.45, 2.75) is 25.4 Å². The number of rotatable bonds is 4. The molecular formula is C13H17NO4. The van der Waals surface area contributed by atoms with E-state index >= 15 is 0 Å². The number of aryl methyl sites for hydroxylation is 1. The Hall–Kier alpha value is -1.59. The number of nitrogens with zero attached hydrogens (tertiary/aromatic N) is 1. The van der Waals surface area contributed by atoms with E-state index in [4.69, 9.17) is 9.52 Å². The normalized spacial score (nSPS) is 14.9. The van der Waals surface area contributed by atoms with Gasteiger partial charge >= 0.3 is 5.76 Å². The van der Waals surface area contributed by atoms with Crippen molar-refractivity contribution in [3.63, 3.8) is 0 Å². The molecule has 5 nitrogen and oxygen atoms in total. The van der Waals surface area contributed by atoms with Gasteiger partial charge < -0.3 is 14.6 Å². The molecule has 1 unspecified atom stereocenters. The Morgan fingerprint density at radius 1 is 1.44 bits per heavy atom. The van der Waals surface area contributed by atoms with E-state index in [0.717, 1.165) is 0 Å². The Labute approximate surface area is 104 Å². The van der Waals surface area contributed by atoms with Crippen LogP contribution in [0.25, 0.3) is 11.1 Å². The Kier molecular flexibility index (Phi) is 3.28. The lowest BCUT2D eigenvalue weighted by molar-refractivity contribution is 0.0404. The van der Waals surface area contributed by atoms with Gasteiger partial charge in [0.05, 0.1) is 11.1 Å². The molecule has 2 rings (SSSR count). The summed E-state index contributed by atoms with van der Waals surface area (Å²) in [7, 11) is 1.63. The lowest BCUT2D eigenvalue weighted by Crippen LogP contribution is -2.21. The van der Waals surface area contributed by atoms with E-state index in [9.17, 15) is 9.90 Å². The van der Waals surface area contributed by atoms with Crippen LogP contribution in [-0.4, -0.2) is 21.4 Å². The smallest absolute Gasteiger partial charge is 0.408 e. The quantitative estimate of drug-likeness (QED) is 0.853. The first-order chi connectivity index (χ1) is 8.45. The highest BCUT2D eigenvalue weighted by molar-refractivity contribution is 5.74. The fourth-order valence-electron chi connectivity index (χ4n) is 2.03. The first-order valence-electron chi connectivity index (χ1n) is 5.89. The maximum absolute atomic E-state index is 11.4. The monoisotopic (exact) mass is 251 g/mol. The second-order valence-electron chi connectivity index (χ2n) is 4.71. The molecule has 0 aliphatic rings. The largest absolute Gasteiger partial charge is 0.419 e. The molecule has 0 saturated heterocycles. The van der Waals surface area contributed by atoms with E-state index in [0.29, 0.717) is 29.5 Å². The van der Waals surface area contributed by atoms with E-state index in [2.05, 4.69) is 0 Å². The van der Waals surface area contributed by atoms with Crippen LogP contribution in [0, 0.1) is 0 Å². The molecule has 0 spiro atoms. The standard InChI is InChI=1S/C13H17NO4/c1-13(17,6-3-7-15)9-4-5-11-10(8-9)14(2)12(16)18-11/h4-5,8,15,17H,3,6-7H2,1-2H3. The van der Waals surface area contributed by atoms with Gasteiger partial charge in [-0.2, -0.15) is 0 Å². The summed E-state index contributed by atoms with van der Waals surface area (Å²) in [5.41, 5.74) is 0.843. The molecule has 0 bridgehead atoms. The van der Waals surface area contributed by atoms with E-state index in [-0.39, 0.29) is 6.61 Å². The van der Waals surface area contributed by atoms with Crippen molar-refractivity contribution in [1.82, 2.24) is 4.57 Å². The topological polar surface area (TPSA) is 75.6 Å². The van der Waals surface area contributed by atoms with Crippen molar-refractivity contribution in [3.8, 4) is 0 Å². The van der Waals surface area contributed by atoms with Crippen LogP contribution in [0.4, 0.5) is 0 Å². The van der Waals surface area contributed by atoms with Gasteiger partial charge in [0.25, 0.3) is 0 Å². The highest BCUT2D eigenvalue weighted by Gasteiger charge is 2.23. The van der Waals surface area contributed by atoms with Crippen molar-refractivity contribution in [3.05, 3.63) is 34.3 Å². The third-order valence-electron chi connectivity index (χ3n) is 3.24. The van der Waals surface area contributed by atoms with Gasteiger partial charge in [0.2, 0.25) is 0 Å². The predicted octanol–water partition coefficient (Wildman–Crippen LogP) is 1.11. The van der Waals surface area contributed by atoms with Gasteiger partial charge in [-0.15, -0.1) is 0 Å². The third kappa shape index (κ3) is 2.19. The molecule has 98 valence electrons. The second-order valence-corrected chi connectivity index (χ2v) is 4.71. The molecule has 0 radical (unpaired) electrons. The number of benzene rings is 1. The average Bonchev–Trinajstić information content (AvgIpc) is 2.62. The number of hydrogen-bond acceptors (Lipinski definition) is 4. The lowest BCUT2D eigenvalue weighted by Gasteiger charge is -2.23. The maximum atomic E-state index is 11.4. The van der Waals surface area contributed by atoms with Crippen molar-refractivity contribution >= 4 is 11.1 Å². The molecule has 2 aromatic rings. The Morgan fingerprint density at radius 2 is 2.17 bits per heavy atom. The van der Waals surface area contributed by atoms with Gasteiger partial charge in [0.15, 0.2) is 5.58 Å². The summed E-state index contributed by atoms with van der Waals surface area (Å²) < 4.78 is 6.44. The molecule has 1 atom stereocenters. The second kappa shape index (κ2) is 4.59. The first kappa shape index (κ1) is 12.9. The maximum Gasteiger partial charge on any atom is 0.419 e. The van der Waals surface area contributed by atoms with Crippen LogP contribution < -0.4 is 5.76 Å². The summed E-state index contributed by atoms with van der Waals surface area (Å²) in [6, 6.07) is 5.17. The van der Waals surface area contributed by atoms with Crippen LogP contribution in [0.15, 0.2) is 27.4 Å². The highest BCUT2D eigenvalue weighted by atomic mass is 16.4. The highest BCUT2D eigenvalue weighted by Crippen LogP contribution is 2.28. The zero-order valence-corrected chi connectivity index (χ0v) is 10.5. The summed E-state index contributed by atoms with van der Waals surface area (Å²) in [5, 5.41) is 19.2. The number of hydrogen-bond donors (Lipinski definition) is 2. The summed E-state index contributed by atoms with van der Waals surface area (Å²) in [5.74, 6) is -0.419. The summed E-state index contributed by atoms with van der Waals surface area (Å²) in [6.45, 7) is 1.74. The first-order valence-corrected chi connectivity index (χ1v) is 5.89. The minimum absolute atomic E-state index is 0.0442. The molecular weight excluding hydrogens is 234 g/mol. The molecule has 1 aromatic carbocycles. The molecule has 2 N–H and O–H groups in total. The van der Waals surface area contributed by atoms with Crippen molar-refractivity contribution in [1.29, 1.82) is 0 Å². The Bertz CT molecular complexity index is 609. The summed E-state index contributed by atoms with van der Waals surface area (Å²) in [6.07, 6.45) is 0.982. The molecule has 5 heteroatoms. The van der Waals surface area contributed by atoms with Crippen molar-refractivity contribution in [2.75, 3.05) is 6.61 Å². The van der Waals surface area contributed by atoms with Crippen LogP contribution in [0.5, 0.6) is 0 Å². The van der Waals surface area contributed by atoms with Crippen LogP contribution in [-0.2, 0) is 12.6 Å². The Balaban J connectivity index is 2.46. The van der Waals surface area contributed by atoms with Crippen LogP contribution in [0.2, 0.25) is 0 Å². The van der Waals surface area contributed by atoms with E-state index in [1.54, 1.807) is 32.2 Å². The van der Waals surface area contributed by atoms with Gasteiger partial charge in [-0.05, 0) is 37.5 Å². The van der Waals surface area contributed by atoms with Crippen LogP contribution in [0.1, 0.15) is 25.3 Å². The van der Waals surface area contributed by atoms with Gasteiger partial charge in [-0.25, -0.2) is 4.79 Å². The zero-order chi connectivity index (χ0) is 13.3. The third-order valence-corrected chi connectivity index (χ3v) is 3.24.